The molecule has 1 aliphatic rings. The molecule has 0 bridgehead atoms. The number of carbonyl (C=O) groups is 2. The van der Waals surface area contributed by atoms with Gasteiger partial charge in [0.25, 0.3) is 0 Å². The molecule has 1 aliphatic carbocycles. The van der Waals surface area contributed by atoms with E-state index in [-0.39, 0.29) is 19.1 Å². The van der Waals surface area contributed by atoms with Crippen molar-refractivity contribution in [1.29, 1.82) is 0 Å². The number of rotatable bonds is 6. The Kier molecular flexibility index (Phi) is 6.18. The van der Waals surface area contributed by atoms with Crippen LogP contribution in [-0.2, 0) is 19.1 Å². The predicted octanol–water partition coefficient (Wildman–Crippen LogP) is 4.00. The van der Waals surface area contributed by atoms with Gasteiger partial charge in [0.2, 0.25) is 0 Å². The fraction of sp³-hybridized carbons (Fsp3) is 0.500. The van der Waals surface area contributed by atoms with Gasteiger partial charge < -0.3 is 9.47 Å². The molecule has 0 spiro atoms. The van der Waals surface area contributed by atoms with E-state index in [1.165, 1.54) is 0 Å². The molecular formula is C20H26O4. The van der Waals surface area contributed by atoms with Crippen LogP contribution in [0, 0.1) is 11.3 Å². The van der Waals surface area contributed by atoms with Gasteiger partial charge in [0.1, 0.15) is 0 Å². The lowest BCUT2D eigenvalue weighted by atomic mass is 9.62. The lowest BCUT2D eigenvalue weighted by molar-refractivity contribution is -0.177. The van der Waals surface area contributed by atoms with Crippen LogP contribution in [0.3, 0.4) is 0 Å². The smallest absolute Gasteiger partial charge is 0.324 e. The zero-order valence-corrected chi connectivity index (χ0v) is 14.5. The molecule has 24 heavy (non-hydrogen) atoms. The molecule has 0 saturated heterocycles. The number of esters is 2. The van der Waals surface area contributed by atoms with E-state index >= 15 is 0 Å². The molecule has 4 heteroatoms. The highest BCUT2D eigenvalue weighted by Gasteiger charge is 2.56. The molecule has 1 saturated carbocycles. The topological polar surface area (TPSA) is 52.6 Å². The quantitative estimate of drug-likeness (QED) is 0.584. The first-order valence-corrected chi connectivity index (χ1v) is 8.66. The summed E-state index contributed by atoms with van der Waals surface area (Å²) in [6.45, 7) is 8.20. The first kappa shape index (κ1) is 18.2. The van der Waals surface area contributed by atoms with Crippen LogP contribution in [0.5, 0.6) is 0 Å². The van der Waals surface area contributed by atoms with E-state index in [0.29, 0.717) is 6.42 Å². The summed E-state index contributed by atoms with van der Waals surface area (Å²) in [5.41, 5.74) is 0.468. The molecule has 1 aromatic rings. The van der Waals surface area contributed by atoms with Crippen molar-refractivity contribution in [3.63, 3.8) is 0 Å². The summed E-state index contributed by atoms with van der Waals surface area (Å²) in [5, 5.41) is 0. The van der Waals surface area contributed by atoms with Gasteiger partial charge in [-0.1, -0.05) is 49.8 Å². The Hall–Kier alpha value is -2.10. The third kappa shape index (κ3) is 3.37. The van der Waals surface area contributed by atoms with Crippen LogP contribution in [0.2, 0.25) is 0 Å². The first-order valence-electron chi connectivity index (χ1n) is 8.66. The van der Waals surface area contributed by atoms with Gasteiger partial charge in [-0.3, -0.25) is 9.59 Å². The summed E-state index contributed by atoms with van der Waals surface area (Å²) in [4.78, 5) is 25.6. The van der Waals surface area contributed by atoms with Crippen molar-refractivity contribution < 1.29 is 19.1 Å². The molecular weight excluding hydrogens is 304 g/mol. The van der Waals surface area contributed by atoms with Gasteiger partial charge in [-0.15, -0.1) is 0 Å². The monoisotopic (exact) mass is 330 g/mol. The van der Waals surface area contributed by atoms with Crippen molar-refractivity contribution in [2.45, 2.75) is 39.5 Å². The largest absolute Gasteiger partial charge is 0.465 e. The summed E-state index contributed by atoms with van der Waals surface area (Å²) in [6, 6.07) is 9.71. The molecule has 1 unspecified atom stereocenters. The Balaban J connectivity index is 2.45. The van der Waals surface area contributed by atoms with Crippen molar-refractivity contribution in [1.82, 2.24) is 0 Å². The molecule has 130 valence electrons. The fourth-order valence-electron chi connectivity index (χ4n) is 3.59. The Labute approximate surface area is 143 Å². The van der Waals surface area contributed by atoms with Crippen LogP contribution < -0.4 is 0 Å². The zero-order chi connectivity index (χ0) is 17.6. The van der Waals surface area contributed by atoms with Crippen LogP contribution >= 0.6 is 0 Å². The highest BCUT2D eigenvalue weighted by atomic mass is 16.6. The van der Waals surface area contributed by atoms with Crippen LogP contribution in [0.25, 0.3) is 5.57 Å². The second-order valence-corrected chi connectivity index (χ2v) is 6.10. The summed E-state index contributed by atoms with van der Waals surface area (Å²) in [5.74, 6) is -1.26. The average molecular weight is 330 g/mol. The highest BCUT2D eigenvalue weighted by molar-refractivity contribution is 6.02. The van der Waals surface area contributed by atoms with Gasteiger partial charge in [-0.05, 0) is 37.8 Å². The molecule has 4 nitrogen and oxygen atoms in total. The van der Waals surface area contributed by atoms with E-state index in [1.54, 1.807) is 13.8 Å². The molecule has 0 aromatic heterocycles. The normalized spacial score (nSPS) is 19.3. The molecule has 1 atom stereocenters. The molecule has 1 fully saturated rings. The number of hydrogen-bond donors (Lipinski definition) is 0. The molecule has 1 aromatic carbocycles. The number of hydrogen-bond acceptors (Lipinski definition) is 4. The van der Waals surface area contributed by atoms with Gasteiger partial charge >= 0.3 is 11.9 Å². The van der Waals surface area contributed by atoms with Gasteiger partial charge in [0.05, 0.1) is 13.2 Å². The van der Waals surface area contributed by atoms with Crippen LogP contribution in [-0.4, -0.2) is 25.2 Å². The standard InChI is InChI=1S/C20H26O4/c1-4-23-18(21)20(19(22)24-5-2)14-10-9-13-17(20)15(3)16-11-7-6-8-12-16/h6-8,11-12,17H,3-5,9-10,13-14H2,1-2H3. The molecule has 2 rings (SSSR count). The van der Waals surface area contributed by atoms with E-state index in [2.05, 4.69) is 6.58 Å². The summed E-state index contributed by atoms with van der Waals surface area (Å²) >= 11 is 0. The number of carbonyl (C=O) groups excluding carboxylic acids is 2. The average Bonchev–Trinajstić information content (AvgIpc) is 2.62. The molecule has 0 aliphatic heterocycles. The Morgan fingerprint density at radius 3 is 2.21 bits per heavy atom. The predicted molar refractivity (Wildman–Crippen MR) is 93.1 cm³/mol. The SMILES string of the molecule is C=C(c1ccccc1)C1CCCCC1(C(=O)OCC)C(=O)OCC. The van der Waals surface area contributed by atoms with E-state index in [4.69, 9.17) is 9.47 Å². The minimum absolute atomic E-state index is 0.241. The van der Waals surface area contributed by atoms with Gasteiger partial charge in [0, 0.05) is 5.92 Å². The zero-order valence-electron chi connectivity index (χ0n) is 14.5. The molecule has 0 amide bonds. The Morgan fingerprint density at radius 2 is 1.67 bits per heavy atom. The van der Waals surface area contributed by atoms with Gasteiger partial charge in [-0.25, -0.2) is 0 Å². The van der Waals surface area contributed by atoms with Crippen molar-refractivity contribution in [2.24, 2.45) is 11.3 Å². The van der Waals surface area contributed by atoms with Crippen LogP contribution in [0.4, 0.5) is 0 Å². The minimum Gasteiger partial charge on any atom is -0.465 e. The number of allylic oxidation sites excluding steroid dienone is 1. The van der Waals surface area contributed by atoms with Gasteiger partial charge in [0.15, 0.2) is 5.41 Å². The van der Waals surface area contributed by atoms with Crippen LogP contribution in [0.15, 0.2) is 36.9 Å². The minimum atomic E-state index is -1.28. The molecule has 0 radical (unpaired) electrons. The second kappa shape index (κ2) is 8.13. The maximum absolute atomic E-state index is 12.8. The summed E-state index contributed by atoms with van der Waals surface area (Å²) < 4.78 is 10.6. The lowest BCUT2D eigenvalue weighted by Crippen LogP contribution is -2.49. The van der Waals surface area contributed by atoms with E-state index in [0.717, 1.165) is 30.4 Å². The van der Waals surface area contributed by atoms with E-state index in [9.17, 15) is 9.59 Å². The summed E-state index contributed by atoms with van der Waals surface area (Å²) in [7, 11) is 0. The Morgan fingerprint density at radius 1 is 1.08 bits per heavy atom. The van der Waals surface area contributed by atoms with Crippen molar-refractivity contribution in [3.8, 4) is 0 Å². The highest BCUT2D eigenvalue weighted by Crippen LogP contribution is 2.49. The number of ether oxygens (including phenoxy) is 2. The van der Waals surface area contributed by atoms with Crippen molar-refractivity contribution in [2.75, 3.05) is 13.2 Å². The second-order valence-electron chi connectivity index (χ2n) is 6.10. The maximum atomic E-state index is 12.8. The van der Waals surface area contributed by atoms with Crippen molar-refractivity contribution in [3.05, 3.63) is 42.5 Å². The fourth-order valence-corrected chi connectivity index (χ4v) is 3.59. The van der Waals surface area contributed by atoms with Crippen LogP contribution in [0.1, 0.15) is 45.1 Å². The van der Waals surface area contributed by atoms with E-state index in [1.807, 2.05) is 30.3 Å². The third-order valence-electron chi connectivity index (χ3n) is 4.75. The molecule has 0 heterocycles. The van der Waals surface area contributed by atoms with Crippen molar-refractivity contribution >= 4 is 17.5 Å². The lowest BCUT2D eigenvalue weighted by Gasteiger charge is -2.40. The molecule has 0 N–H and O–H groups in total. The Bertz CT molecular complexity index is 573. The third-order valence-corrected chi connectivity index (χ3v) is 4.75. The number of benzene rings is 1. The maximum Gasteiger partial charge on any atom is 0.324 e. The first-order chi connectivity index (χ1) is 11.6. The summed E-state index contributed by atoms with van der Waals surface area (Å²) in [6.07, 6.45) is 2.93. The van der Waals surface area contributed by atoms with Gasteiger partial charge in [-0.2, -0.15) is 0 Å². The van der Waals surface area contributed by atoms with E-state index < -0.39 is 17.4 Å².